The van der Waals surface area contributed by atoms with E-state index in [-0.39, 0.29) is 23.1 Å². The largest absolute Gasteiger partial charge is 0.475 e. The molecule has 1 aliphatic rings. The summed E-state index contributed by atoms with van der Waals surface area (Å²) in [5.74, 6) is -1.27. The number of pyridine rings is 2. The highest BCUT2D eigenvalue weighted by molar-refractivity contribution is 5.98. The number of rotatable bonds is 12. The molecule has 0 aromatic carbocycles. The summed E-state index contributed by atoms with van der Waals surface area (Å²) in [6.45, 7) is 2.42. The van der Waals surface area contributed by atoms with Crippen molar-refractivity contribution >= 4 is 29.3 Å². The van der Waals surface area contributed by atoms with E-state index in [1.165, 1.54) is 6.20 Å². The highest BCUT2D eigenvalue weighted by Crippen LogP contribution is 2.35. The lowest BCUT2D eigenvalue weighted by atomic mass is 10.1. The minimum absolute atomic E-state index is 0.0295. The number of hydrogen-bond acceptors (Lipinski definition) is 8. The number of primary amides is 1. The summed E-state index contributed by atoms with van der Waals surface area (Å²) in [7, 11) is 1.55. The van der Waals surface area contributed by atoms with Crippen molar-refractivity contribution in [3.63, 3.8) is 0 Å². The lowest BCUT2D eigenvalue weighted by Gasteiger charge is -2.25. The van der Waals surface area contributed by atoms with Crippen LogP contribution < -0.4 is 26.4 Å². The van der Waals surface area contributed by atoms with Crippen molar-refractivity contribution < 1.29 is 28.6 Å². The Morgan fingerprint density at radius 2 is 2.06 bits per heavy atom. The van der Waals surface area contributed by atoms with Gasteiger partial charge in [-0.05, 0) is 37.8 Å². The predicted octanol–water partition coefficient (Wildman–Crippen LogP) is 2.33. The Morgan fingerprint density at radius 3 is 2.70 bits per heavy atom. The Morgan fingerprint density at radius 1 is 1.30 bits per heavy atom. The first-order chi connectivity index (χ1) is 15.8. The summed E-state index contributed by atoms with van der Waals surface area (Å²) in [6.07, 6.45) is 2.12. The molecule has 0 radical (unpaired) electrons. The fraction of sp³-hybridized carbons (Fsp3) is 0.429. The molecule has 1 saturated carbocycles. The van der Waals surface area contributed by atoms with Crippen LogP contribution in [0, 0.1) is 11.7 Å². The first kappa shape index (κ1) is 24.0. The van der Waals surface area contributed by atoms with E-state index in [1.807, 2.05) is 0 Å². The molecule has 0 bridgehead atoms. The van der Waals surface area contributed by atoms with E-state index in [0.29, 0.717) is 24.8 Å². The van der Waals surface area contributed by atoms with Gasteiger partial charge in [-0.3, -0.25) is 4.79 Å². The fourth-order valence-corrected chi connectivity index (χ4v) is 3.36. The highest BCUT2D eigenvalue weighted by Gasteiger charge is 2.36. The van der Waals surface area contributed by atoms with Crippen molar-refractivity contribution in [1.82, 2.24) is 15.3 Å². The van der Waals surface area contributed by atoms with Gasteiger partial charge in [0.2, 0.25) is 5.88 Å². The van der Waals surface area contributed by atoms with Crippen molar-refractivity contribution in [2.24, 2.45) is 11.7 Å². The number of ether oxygens (including phenoxy) is 2. The number of carbonyl (C=O) groups is 2. The first-order valence-corrected chi connectivity index (χ1v) is 10.4. The summed E-state index contributed by atoms with van der Waals surface area (Å²) in [5, 5.41) is 17.5. The van der Waals surface area contributed by atoms with Gasteiger partial charge in [0.05, 0.1) is 18.2 Å². The van der Waals surface area contributed by atoms with E-state index in [0.717, 1.165) is 18.9 Å². The topological polar surface area (TPSA) is 161 Å². The minimum Gasteiger partial charge on any atom is -0.475 e. The van der Waals surface area contributed by atoms with Gasteiger partial charge in [-0.2, -0.15) is 0 Å². The molecule has 12 heteroatoms. The second kappa shape index (κ2) is 10.8. The normalized spacial score (nSPS) is 14.8. The first-order valence-electron chi connectivity index (χ1n) is 10.4. The SMILES string of the molecule is COCCOc1cc(Nc2nc(N[C@H](C)[C@@H](NC(=O)O)C3CC3)c(F)cc2C(N)=O)ccn1. The molecule has 2 aromatic heterocycles. The highest BCUT2D eigenvalue weighted by atomic mass is 19.1. The van der Waals surface area contributed by atoms with Gasteiger partial charge in [0.15, 0.2) is 11.6 Å². The second-order valence-electron chi connectivity index (χ2n) is 7.67. The van der Waals surface area contributed by atoms with Crippen LogP contribution in [0.5, 0.6) is 5.88 Å². The number of anilines is 3. The van der Waals surface area contributed by atoms with E-state index >= 15 is 0 Å². The van der Waals surface area contributed by atoms with Crippen molar-refractivity contribution in [2.45, 2.75) is 31.8 Å². The third-order valence-electron chi connectivity index (χ3n) is 5.10. The molecule has 1 aliphatic carbocycles. The molecule has 6 N–H and O–H groups in total. The molecule has 1 fully saturated rings. The number of amides is 2. The van der Waals surface area contributed by atoms with E-state index in [2.05, 4.69) is 25.9 Å². The Hall–Kier alpha value is -3.67. The Kier molecular flexibility index (Phi) is 7.83. The molecule has 0 spiro atoms. The molecule has 3 rings (SSSR count). The van der Waals surface area contributed by atoms with Gasteiger partial charge < -0.3 is 36.3 Å². The van der Waals surface area contributed by atoms with Gasteiger partial charge in [0, 0.05) is 31.1 Å². The van der Waals surface area contributed by atoms with Gasteiger partial charge in [0.25, 0.3) is 5.91 Å². The maximum Gasteiger partial charge on any atom is 0.404 e. The van der Waals surface area contributed by atoms with Crippen LogP contribution in [-0.4, -0.2) is 59.5 Å². The van der Waals surface area contributed by atoms with Crippen LogP contribution in [0.25, 0.3) is 0 Å². The van der Waals surface area contributed by atoms with Crippen molar-refractivity contribution in [3.8, 4) is 5.88 Å². The third kappa shape index (κ3) is 6.65. The molecule has 0 aliphatic heterocycles. The van der Waals surface area contributed by atoms with Crippen molar-refractivity contribution in [1.29, 1.82) is 0 Å². The fourth-order valence-electron chi connectivity index (χ4n) is 3.36. The summed E-state index contributed by atoms with van der Waals surface area (Å²) in [4.78, 5) is 31.3. The maximum absolute atomic E-state index is 14.7. The molecule has 33 heavy (non-hydrogen) atoms. The van der Waals surface area contributed by atoms with E-state index in [9.17, 15) is 14.0 Å². The number of carboxylic acid groups (broad SMARTS) is 1. The van der Waals surface area contributed by atoms with Crippen molar-refractivity contribution in [3.05, 3.63) is 35.8 Å². The third-order valence-corrected chi connectivity index (χ3v) is 5.10. The molecule has 2 aromatic rings. The lowest BCUT2D eigenvalue weighted by Crippen LogP contribution is -2.46. The number of carbonyl (C=O) groups excluding carboxylic acids is 1. The summed E-state index contributed by atoms with van der Waals surface area (Å²) < 4.78 is 25.1. The Bertz CT molecular complexity index is 1000. The number of nitrogens with one attached hydrogen (secondary N) is 3. The summed E-state index contributed by atoms with van der Waals surface area (Å²) in [5.41, 5.74) is 5.76. The maximum atomic E-state index is 14.7. The molecular formula is C21H27FN6O5. The monoisotopic (exact) mass is 462 g/mol. The minimum atomic E-state index is -1.15. The van der Waals surface area contributed by atoms with Crippen LogP contribution in [-0.2, 0) is 4.74 Å². The average Bonchev–Trinajstić information content (AvgIpc) is 3.59. The Labute approximate surface area is 189 Å². The predicted molar refractivity (Wildman–Crippen MR) is 118 cm³/mol. The molecule has 178 valence electrons. The number of nitrogens with two attached hydrogens (primary N) is 1. The van der Waals surface area contributed by atoms with Gasteiger partial charge in [-0.15, -0.1) is 0 Å². The number of nitrogens with zero attached hydrogens (tertiary/aromatic N) is 2. The van der Waals surface area contributed by atoms with Crippen LogP contribution >= 0.6 is 0 Å². The van der Waals surface area contributed by atoms with Crippen LogP contribution in [0.2, 0.25) is 0 Å². The van der Waals surface area contributed by atoms with E-state index in [1.54, 1.807) is 26.2 Å². The van der Waals surface area contributed by atoms with Gasteiger partial charge in [-0.25, -0.2) is 19.2 Å². The second-order valence-corrected chi connectivity index (χ2v) is 7.67. The van der Waals surface area contributed by atoms with Gasteiger partial charge >= 0.3 is 6.09 Å². The molecule has 2 atom stereocenters. The van der Waals surface area contributed by atoms with Crippen LogP contribution in [0.4, 0.5) is 26.5 Å². The zero-order valence-electron chi connectivity index (χ0n) is 18.3. The smallest absolute Gasteiger partial charge is 0.404 e. The number of hydrogen-bond donors (Lipinski definition) is 5. The zero-order chi connectivity index (χ0) is 24.0. The Balaban J connectivity index is 1.83. The standard InChI is InChI=1S/C21H27FN6O5/c1-11(17(12-3-4-12)27-21(30)31)25-20-15(22)10-14(18(23)29)19(28-20)26-13-5-6-24-16(9-13)33-8-7-32-2/h5-6,9-12,17,27H,3-4,7-8H2,1-2H3,(H2,23,29)(H,30,31)(H2,24,25,26,28)/t11-,17-/m1/s1. The molecule has 2 amide bonds. The van der Waals surface area contributed by atoms with E-state index < -0.39 is 29.9 Å². The zero-order valence-corrected chi connectivity index (χ0v) is 18.3. The van der Waals surface area contributed by atoms with Crippen LogP contribution in [0.1, 0.15) is 30.1 Å². The molecular weight excluding hydrogens is 435 g/mol. The van der Waals surface area contributed by atoms with Gasteiger partial charge in [0.1, 0.15) is 12.4 Å². The molecule has 11 nitrogen and oxygen atoms in total. The lowest BCUT2D eigenvalue weighted by molar-refractivity contribution is 0.100. The molecule has 0 saturated heterocycles. The van der Waals surface area contributed by atoms with E-state index in [4.69, 9.17) is 20.3 Å². The number of halogens is 1. The van der Waals surface area contributed by atoms with Crippen molar-refractivity contribution in [2.75, 3.05) is 31.0 Å². The summed E-state index contributed by atoms with van der Waals surface area (Å²) in [6, 6.07) is 3.32. The summed E-state index contributed by atoms with van der Waals surface area (Å²) >= 11 is 0. The quantitative estimate of drug-likeness (QED) is 0.298. The van der Waals surface area contributed by atoms with Gasteiger partial charge in [-0.1, -0.05) is 0 Å². The number of methoxy groups -OCH3 is 1. The van der Waals surface area contributed by atoms with Crippen LogP contribution in [0.3, 0.4) is 0 Å². The molecule has 2 heterocycles. The number of aromatic nitrogens is 2. The average molecular weight is 462 g/mol. The molecule has 0 unspecified atom stereocenters. The van der Waals surface area contributed by atoms with Crippen LogP contribution in [0.15, 0.2) is 24.4 Å².